The Balaban J connectivity index is 1.21. The number of nitrogens with two attached hydrogens (primary N) is 1. The van der Waals surface area contributed by atoms with Crippen molar-refractivity contribution in [1.82, 2.24) is 20.9 Å². The van der Waals surface area contributed by atoms with Crippen LogP contribution in [0.3, 0.4) is 0 Å². The van der Waals surface area contributed by atoms with E-state index in [1.54, 1.807) is 13.2 Å². The Morgan fingerprint density at radius 1 is 1.02 bits per heavy atom. The molecule has 15 nitrogen and oxygen atoms in total. The molecule has 0 unspecified atom stereocenters. The van der Waals surface area contributed by atoms with Crippen molar-refractivity contribution in [3.8, 4) is 5.75 Å². The Morgan fingerprint density at radius 2 is 1.69 bits per heavy atom. The number of fused-ring (bicyclic) bond motifs is 1. The van der Waals surface area contributed by atoms with Crippen molar-refractivity contribution < 1.29 is 49.4 Å². The normalized spacial score (nSPS) is 20.1. The molecular formula is C33H54ClN5O10. The average Bonchev–Trinajstić information content (AvgIpc) is 3.60. The lowest BCUT2D eigenvalue weighted by Crippen LogP contribution is -2.54. The van der Waals surface area contributed by atoms with Crippen LogP contribution < -0.4 is 26.4 Å². The van der Waals surface area contributed by atoms with Gasteiger partial charge >= 0.3 is 0 Å². The van der Waals surface area contributed by atoms with Gasteiger partial charge in [-0.15, -0.1) is 0 Å². The summed E-state index contributed by atoms with van der Waals surface area (Å²) in [6, 6.07) is 1.41. The van der Waals surface area contributed by atoms with E-state index in [0.717, 1.165) is 50.8 Å². The van der Waals surface area contributed by atoms with Gasteiger partial charge in [-0.3, -0.25) is 14.4 Å². The van der Waals surface area contributed by atoms with Crippen molar-refractivity contribution in [1.29, 1.82) is 0 Å². The summed E-state index contributed by atoms with van der Waals surface area (Å²) in [6.45, 7) is 2.27. The fourth-order valence-corrected chi connectivity index (χ4v) is 6.28. The maximum absolute atomic E-state index is 13.2. The van der Waals surface area contributed by atoms with Crippen LogP contribution in [0, 0.1) is 0 Å². The number of ether oxygens (including phenoxy) is 2. The number of likely N-dealkylation sites (tertiary alicyclic amines) is 1. The molecule has 1 fully saturated rings. The van der Waals surface area contributed by atoms with Crippen LogP contribution in [0.15, 0.2) is 6.07 Å². The number of amides is 3. The largest absolute Gasteiger partial charge is 0.492 e. The van der Waals surface area contributed by atoms with Gasteiger partial charge in [0.2, 0.25) is 11.8 Å². The zero-order chi connectivity index (χ0) is 35.9. The highest BCUT2D eigenvalue weighted by molar-refractivity contribution is 6.33. The van der Waals surface area contributed by atoms with E-state index in [1.165, 1.54) is 0 Å². The number of carbonyl (C=O) groups is 3. The first-order chi connectivity index (χ1) is 23.5. The number of aliphatic hydroxyl groups excluding tert-OH is 5. The van der Waals surface area contributed by atoms with Gasteiger partial charge in [0.15, 0.2) is 0 Å². The van der Waals surface area contributed by atoms with Crippen LogP contribution in [-0.4, -0.2) is 138 Å². The number of benzene rings is 1. The maximum Gasteiger partial charge on any atom is 0.255 e. The highest BCUT2D eigenvalue weighted by Crippen LogP contribution is 2.38. The molecule has 1 saturated heterocycles. The van der Waals surface area contributed by atoms with E-state index in [-0.39, 0.29) is 42.8 Å². The summed E-state index contributed by atoms with van der Waals surface area (Å²) in [5.74, 6) is -0.0876. The number of nitrogens with zero attached hydrogens (tertiary/aromatic N) is 1. The number of hydrogen-bond acceptors (Lipinski definition) is 12. The fourth-order valence-electron chi connectivity index (χ4n) is 6.06. The number of unbranched alkanes of at least 4 members (excludes halogenated alkanes) is 4. The van der Waals surface area contributed by atoms with Crippen molar-refractivity contribution in [3.63, 3.8) is 0 Å². The molecule has 6 atom stereocenters. The number of carbonyl (C=O) groups excluding carboxylic acids is 3. The van der Waals surface area contributed by atoms with E-state index in [9.17, 15) is 34.8 Å². The second kappa shape index (κ2) is 20.8. The first-order valence-electron chi connectivity index (χ1n) is 17.1. The van der Waals surface area contributed by atoms with Crippen LogP contribution in [0.1, 0.15) is 73.7 Å². The Kier molecular flexibility index (Phi) is 17.3. The summed E-state index contributed by atoms with van der Waals surface area (Å²) < 4.78 is 11.4. The van der Waals surface area contributed by atoms with Crippen LogP contribution in [0.5, 0.6) is 5.75 Å². The second-order valence-electron chi connectivity index (χ2n) is 12.7. The van der Waals surface area contributed by atoms with Gasteiger partial charge < -0.3 is 61.6 Å². The van der Waals surface area contributed by atoms with Crippen molar-refractivity contribution in [3.05, 3.63) is 22.2 Å². The molecule has 0 saturated carbocycles. The predicted molar refractivity (Wildman–Crippen MR) is 182 cm³/mol. The van der Waals surface area contributed by atoms with Gasteiger partial charge in [0.05, 0.1) is 47.7 Å². The van der Waals surface area contributed by atoms with Crippen molar-refractivity contribution in [2.24, 2.45) is 0 Å². The summed E-state index contributed by atoms with van der Waals surface area (Å²) in [5, 5.41) is 56.2. The standard InChI is InChI=1S/C33H54ClN5O10/c1-48-26-18-39(14-10-23(26)38-33(47)21-16-22(34)29(35)20-11-15-49-32(20)21)13-7-3-5-8-27(43)36-12-6-2-4-9-28(44)37-17-24(41)30(45)31(46)25(42)19-40/h16,23-26,30-31,40-42,45-46H,2-15,17-19,35H2,1H3,(H,36,43)(H,37,44)(H,38,47)/t23-,24+,25-,26+,30-,31-/m1/s1. The summed E-state index contributed by atoms with van der Waals surface area (Å²) in [5.41, 5.74) is 7.70. The fraction of sp³-hybridized carbons (Fsp3) is 0.727. The smallest absolute Gasteiger partial charge is 0.255 e. The quantitative estimate of drug-likeness (QED) is 0.0577. The number of rotatable bonds is 21. The third kappa shape index (κ3) is 12.5. The first kappa shape index (κ1) is 40.7. The molecule has 2 heterocycles. The van der Waals surface area contributed by atoms with Gasteiger partial charge in [-0.2, -0.15) is 0 Å². The molecule has 2 aliphatic heterocycles. The van der Waals surface area contributed by atoms with Gasteiger partial charge in [-0.1, -0.05) is 24.4 Å². The Hall–Kier alpha value is -2.76. The Bertz CT molecular complexity index is 1230. The molecule has 3 amide bonds. The molecule has 0 spiro atoms. The molecule has 0 bridgehead atoms. The minimum absolute atomic E-state index is 0.00627. The number of anilines is 1. The summed E-state index contributed by atoms with van der Waals surface area (Å²) in [4.78, 5) is 39.7. The summed E-state index contributed by atoms with van der Waals surface area (Å²) >= 11 is 6.28. The summed E-state index contributed by atoms with van der Waals surface area (Å²) in [6.07, 6.45) is -0.102. The zero-order valence-electron chi connectivity index (χ0n) is 28.2. The van der Waals surface area contributed by atoms with Crippen molar-refractivity contribution in [2.75, 3.05) is 58.8 Å². The monoisotopic (exact) mass is 715 g/mol. The molecule has 0 radical (unpaired) electrons. The number of methoxy groups -OCH3 is 1. The number of nitrogens with one attached hydrogen (secondary N) is 3. The van der Waals surface area contributed by atoms with Crippen LogP contribution in [0.2, 0.25) is 5.02 Å². The van der Waals surface area contributed by atoms with Gasteiger partial charge in [-0.25, -0.2) is 0 Å². The van der Waals surface area contributed by atoms with E-state index in [2.05, 4.69) is 20.9 Å². The SMILES string of the molecule is CO[C@H]1CN(CCCCCC(=O)NCCCCCC(=O)NC[C@H](O)[C@@H](O)[C@H](O)[C@H](O)CO)CC[C@H]1NC(=O)c1cc(Cl)c(N)c2c1OCC2. The lowest BCUT2D eigenvalue weighted by atomic mass is 9.99. The van der Waals surface area contributed by atoms with E-state index in [0.29, 0.717) is 67.4 Å². The van der Waals surface area contributed by atoms with Gasteiger partial charge in [0, 0.05) is 58.1 Å². The average molecular weight is 716 g/mol. The number of piperidine rings is 1. The number of nitrogen functional groups attached to an aromatic ring is 1. The minimum atomic E-state index is -1.74. The molecule has 1 aromatic carbocycles. The summed E-state index contributed by atoms with van der Waals surface area (Å²) in [7, 11) is 1.65. The number of halogens is 1. The molecule has 0 aliphatic carbocycles. The Morgan fingerprint density at radius 3 is 2.39 bits per heavy atom. The molecule has 49 heavy (non-hydrogen) atoms. The van der Waals surface area contributed by atoms with Crippen LogP contribution >= 0.6 is 11.6 Å². The van der Waals surface area contributed by atoms with Crippen LogP contribution in [-0.2, 0) is 20.7 Å². The Labute approximate surface area is 292 Å². The van der Waals surface area contributed by atoms with Gasteiger partial charge in [-0.05, 0) is 44.7 Å². The first-order valence-corrected chi connectivity index (χ1v) is 17.5. The molecular weight excluding hydrogens is 662 g/mol. The molecule has 1 aromatic rings. The van der Waals surface area contributed by atoms with Crippen LogP contribution in [0.25, 0.3) is 0 Å². The lowest BCUT2D eigenvalue weighted by Gasteiger charge is -2.38. The van der Waals surface area contributed by atoms with E-state index < -0.39 is 31.0 Å². The van der Waals surface area contributed by atoms with E-state index >= 15 is 0 Å². The number of hydrogen-bond donors (Lipinski definition) is 9. The lowest BCUT2D eigenvalue weighted by molar-refractivity contribution is -0.126. The second-order valence-corrected chi connectivity index (χ2v) is 13.2. The van der Waals surface area contributed by atoms with E-state index in [1.807, 2.05) is 0 Å². The zero-order valence-corrected chi connectivity index (χ0v) is 29.0. The van der Waals surface area contributed by atoms with Crippen molar-refractivity contribution >= 4 is 35.0 Å². The topological polar surface area (TPSA) is 236 Å². The highest BCUT2D eigenvalue weighted by atomic mass is 35.5. The molecule has 10 N–H and O–H groups in total. The van der Waals surface area contributed by atoms with Crippen LogP contribution in [0.4, 0.5) is 5.69 Å². The predicted octanol–water partition coefficient (Wildman–Crippen LogP) is -0.535. The third-order valence-electron chi connectivity index (χ3n) is 9.09. The maximum atomic E-state index is 13.2. The number of aliphatic hydroxyl groups is 5. The molecule has 3 rings (SSSR count). The van der Waals surface area contributed by atoms with Gasteiger partial charge in [0.1, 0.15) is 24.1 Å². The van der Waals surface area contributed by atoms with Crippen molar-refractivity contribution in [2.45, 2.75) is 101 Å². The van der Waals surface area contributed by atoms with Gasteiger partial charge in [0.25, 0.3) is 5.91 Å². The van der Waals surface area contributed by atoms with E-state index in [4.69, 9.17) is 31.9 Å². The molecule has 278 valence electrons. The molecule has 0 aromatic heterocycles. The third-order valence-corrected chi connectivity index (χ3v) is 9.41. The highest BCUT2D eigenvalue weighted by Gasteiger charge is 2.33. The molecule has 16 heteroatoms. The molecule has 2 aliphatic rings. The minimum Gasteiger partial charge on any atom is -0.492 e.